The Morgan fingerprint density at radius 3 is 1.18 bits per heavy atom. The van der Waals surface area contributed by atoms with Crippen molar-refractivity contribution in [3.8, 4) is 0 Å². The van der Waals surface area contributed by atoms with Crippen molar-refractivity contribution in [2.75, 3.05) is 53.4 Å². The van der Waals surface area contributed by atoms with Gasteiger partial charge in [-0.2, -0.15) is 0 Å². The highest BCUT2D eigenvalue weighted by Gasteiger charge is 2.39. The molecule has 22 heavy (non-hydrogen) atoms. The van der Waals surface area contributed by atoms with Gasteiger partial charge in [-0.1, -0.05) is 38.5 Å². The molecule has 2 saturated carbocycles. The molecule has 0 bridgehead atoms. The Labute approximate surface area is 139 Å². The predicted octanol–water partition coefficient (Wildman–Crippen LogP) is 4.05. The lowest BCUT2D eigenvalue weighted by molar-refractivity contribution is -1.02. The number of likely N-dealkylation sites (N-methyl/N-ethyl adjacent to an activating group) is 2. The first-order chi connectivity index (χ1) is 10.6. The molecule has 3 aliphatic rings. The Kier molecular flexibility index (Phi) is 5.50. The summed E-state index contributed by atoms with van der Waals surface area (Å²) in [5.74, 6) is 2.07. The average Bonchev–Trinajstić information content (AvgIpc) is 2.53. The lowest BCUT2D eigenvalue weighted by Crippen LogP contribution is -2.65. The first-order valence-electron chi connectivity index (χ1n) is 10.2. The Bertz CT molecular complexity index is 298. The third-order valence-corrected chi connectivity index (χ3v) is 7.21. The molecule has 0 aromatic carbocycles. The minimum atomic E-state index is 1.04. The van der Waals surface area contributed by atoms with Crippen LogP contribution in [0.4, 0.5) is 0 Å². The molecule has 1 heterocycles. The molecule has 1 aliphatic heterocycles. The van der Waals surface area contributed by atoms with E-state index in [1.807, 2.05) is 0 Å². The summed E-state index contributed by atoms with van der Waals surface area (Å²) in [5, 5.41) is 0. The molecule has 0 aromatic rings. The largest absolute Gasteiger partial charge is 0.316 e. The van der Waals surface area contributed by atoms with Crippen molar-refractivity contribution in [2.24, 2.45) is 11.8 Å². The lowest BCUT2D eigenvalue weighted by Gasteiger charge is -2.49. The van der Waals surface area contributed by atoms with E-state index in [1.54, 1.807) is 0 Å². The highest BCUT2D eigenvalue weighted by Crippen LogP contribution is 2.30. The van der Waals surface area contributed by atoms with Gasteiger partial charge in [0.1, 0.15) is 26.2 Å². The number of rotatable bonds is 4. The molecule has 128 valence electrons. The number of quaternary nitrogens is 2. The van der Waals surface area contributed by atoms with Crippen LogP contribution < -0.4 is 0 Å². The van der Waals surface area contributed by atoms with Crippen LogP contribution in [0.25, 0.3) is 0 Å². The zero-order valence-electron chi connectivity index (χ0n) is 15.4. The molecule has 0 amide bonds. The molecule has 0 unspecified atom stereocenters. The second-order valence-electron chi connectivity index (χ2n) is 9.51. The van der Waals surface area contributed by atoms with Crippen LogP contribution >= 0.6 is 0 Å². The summed E-state index contributed by atoms with van der Waals surface area (Å²) >= 11 is 0. The quantitative estimate of drug-likeness (QED) is 0.687. The summed E-state index contributed by atoms with van der Waals surface area (Å²) in [6.45, 7) is 8.67. The first kappa shape index (κ1) is 16.8. The number of hydrogen-bond donors (Lipinski definition) is 0. The van der Waals surface area contributed by atoms with Gasteiger partial charge in [0.05, 0.1) is 27.2 Å². The summed E-state index contributed by atoms with van der Waals surface area (Å²) in [4.78, 5) is 0. The maximum absolute atomic E-state index is 2.55. The SMILES string of the molecule is C[N+]1(CC2CCCCC2)CC[N+](C)(CC2CCCCC2)CC1. The van der Waals surface area contributed by atoms with E-state index in [2.05, 4.69) is 14.1 Å². The van der Waals surface area contributed by atoms with Crippen molar-refractivity contribution >= 4 is 0 Å². The van der Waals surface area contributed by atoms with Crippen LogP contribution in [0.5, 0.6) is 0 Å². The molecule has 0 aromatic heterocycles. The van der Waals surface area contributed by atoms with Crippen LogP contribution in [0, 0.1) is 11.8 Å². The van der Waals surface area contributed by atoms with Crippen LogP contribution in [0.1, 0.15) is 64.2 Å². The fourth-order valence-corrected chi connectivity index (χ4v) is 5.54. The third kappa shape index (κ3) is 4.47. The molecule has 0 N–H and O–H groups in total. The van der Waals surface area contributed by atoms with Gasteiger partial charge < -0.3 is 8.97 Å². The summed E-state index contributed by atoms with van der Waals surface area (Å²) < 4.78 is 2.76. The van der Waals surface area contributed by atoms with Gasteiger partial charge in [-0.15, -0.1) is 0 Å². The molecular weight excluding hydrogens is 268 g/mol. The monoisotopic (exact) mass is 308 g/mol. The predicted molar refractivity (Wildman–Crippen MR) is 94.7 cm³/mol. The second-order valence-corrected chi connectivity index (χ2v) is 9.51. The smallest absolute Gasteiger partial charge is 0.128 e. The van der Waals surface area contributed by atoms with E-state index >= 15 is 0 Å². The minimum Gasteiger partial charge on any atom is -0.316 e. The molecule has 2 heteroatoms. The number of nitrogens with zero attached hydrogens (tertiary/aromatic N) is 2. The van der Waals surface area contributed by atoms with Gasteiger partial charge in [0.15, 0.2) is 0 Å². The van der Waals surface area contributed by atoms with Gasteiger partial charge in [0.25, 0.3) is 0 Å². The van der Waals surface area contributed by atoms with Gasteiger partial charge in [0.2, 0.25) is 0 Å². The van der Waals surface area contributed by atoms with E-state index in [4.69, 9.17) is 0 Å². The molecule has 2 nitrogen and oxygen atoms in total. The molecule has 0 radical (unpaired) electrons. The second kappa shape index (κ2) is 7.21. The molecule has 2 aliphatic carbocycles. The zero-order valence-corrected chi connectivity index (χ0v) is 15.4. The topological polar surface area (TPSA) is 0 Å². The fourth-order valence-electron chi connectivity index (χ4n) is 5.54. The summed E-state index contributed by atoms with van der Waals surface area (Å²) in [5.41, 5.74) is 0. The molecule has 0 spiro atoms. The number of hydrogen-bond acceptors (Lipinski definition) is 0. The summed E-state index contributed by atoms with van der Waals surface area (Å²) in [6.07, 6.45) is 15.1. The fraction of sp³-hybridized carbons (Fsp3) is 1.00. The van der Waals surface area contributed by atoms with Crippen LogP contribution in [0.15, 0.2) is 0 Å². The molecular formula is C20H40N2+2. The van der Waals surface area contributed by atoms with Crippen molar-refractivity contribution in [2.45, 2.75) is 64.2 Å². The molecule has 0 atom stereocenters. The van der Waals surface area contributed by atoms with E-state index in [0.717, 1.165) is 11.8 Å². The van der Waals surface area contributed by atoms with Crippen LogP contribution in [0.3, 0.4) is 0 Å². The van der Waals surface area contributed by atoms with Crippen molar-refractivity contribution in [1.82, 2.24) is 0 Å². The summed E-state index contributed by atoms with van der Waals surface area (Å²) in [6, 6.07) is 0. The van der Waals surface area contributed by atoms with E-state index in [-0.39, 0.29) is 0 Å². The summed E-state index contributed by atoms with van der Waals surface area (Å²) in [7, 11) is 5.11. The van der Waals surface area contributed by atoms with E-state index in [0.29, 0.717) is 0 Å². The van der Waals surface area contributed by atoms with Crippen molar-refractivity contribution in [1.29, 1.82) is 0 Å². The van der Waals surface area contributed by atoms with Crippen molar-refractivity contribution < 1.29 is 8.97 Å². The zero-order chi connectivity index (χ0) is 15.5. The van der Waals surface area contributed by atoms with Gasteiger partial charge >= 0.3 is 0 Å². The van der Waals surface area contributed by atoms with Gasteiger partial charge in [-0.25, -0.2) is 0 Å². The van der Waals surface area contributed by atoms with Crippen molar-refractivity contribution in [3.05, 3.63) is 0 Å². The normalized spacial score (nSPS) is 39.0. The van der Waals surface area contributed by atoms with Crippen LogP contribution in [-0.4, -0.2) is 62.3 Å². The third-order valence-electron chi connectivity index (χ3n) is 7.21. The van der Waals surface area contributed by atoms with Gasteiger partial charge in [-0.3, -0.25) is 0 Å². The minimum absolute atomic E-state index is 1.04. The average molecular weight is 309 g/mol. The lowest BCUT2D eigenvalue weighted by atomic mass is 9.87. The Hall–Kier alpha value is -0.0800. The Balaban J connectivity index is 1.47. The molecule has 3 fully saturated rings. The Morgan fingerprint density at radius 1 is 0.545 bits per heavy atom. The maximum atomic E-state index is 2.55. The number of piperazine rings is 1. The van der Waals surface area contributed by atoms with E-state index < -0.39 is 0 Å². The van der Waals surface area contributed by atoms with E-state index in [1.165, 1.54) is 112 Å². The Morgan fingerprint density at radius 2 is 0.864 bits per heavy atom. The van der Waals surface area contributed by atoms with Crippen LogP contribution in [0.2, 0.25) is 0 Å². The van der Waals surface area contributed by atoms with Gasteiger partial charge in [0, 0.05) is 11.8 Å². The molecule has 1 saturated heterocycles. The highest BCUT2D eigenvalue weighted by molar-refractivity contribution is 4.68. The van der Waals surface area contributed by atoms with Crippen LogP contribution in [-0.2, 0) is 0 Å². The van der Waals surface area contributed by atoms with Crippen molar-refractivity contribution in [3.63, 3.8) is 0 Å². The van der Waals surface area contributed by atoms with Gasteiger partial charge in [-0.05, 0) is 25.7 Å². The van der Waals surface area contributed by atoms with E-state index in [9.17, 15) is 0 Å². The maximum Gasteiger partial charge on any atom is 0.128 e. The molecule has 3 rings (SSSR count). The first-order valence-corrected chi connectivity index (χ1v) is 10.2. The highest BCUT2D eigenvalue weighted by atomic mass is 15.5. The standard InChI is InChI=1S/C20H40N2/c1-21(17-19-9-5-3-6-10-19)13-15-22(2,16-14-21)18-20-11-7-4-8-12-20/h19-20H,3-18H2,1-2H3/q+2.